The lowest BCUT2D eigenvalue weighted by atomic mass is 10.1. The van der Waals surface area contributed by atoms with Gasteiger partial charge in [0.15, 0.2) is 17.3 Å². The van der Waals surface area contributed by atoms with E-state index in [9.17, 15) is 9.90 Å². The van der Waals surface area contributed by atoms with Gasteiger partial charge < -0.3 is 24.0 Å². The highest BCUT2D eigenvalue weighted by atomic mass is 16.5. The second-order valence-electron chi connectivity index (χ2n) is 7.09. The number of nitrogens with zero attached hydrogens (tertiary/aromatic N) is 3. The van der Waals surface area contributed by atoms with Crippen molar-refractivity contribution in [2.24, 2.45) is 0 Å². The van der Waals surface area contributed by atoms with Crippen LogP contribution in [0.25, 0.3) is 0 Å². The maximum absolute atomic E-state index is 12.9. The van der Waals surface area contributed by atoms with Gasteiger partial charge in [-0.3, -0.25) is 4.79 Å². The van der Waals surface area contributed by atoms with Crippen LogP contribution in [-0.4, -0.2) is 46.8 Å². The van der Waals surface area contributed by atoms with Crippen LogP contribution in [-0.2, 0) is 6.42 Å². The molecule has 0 radical (unpaired) electrons. The van der Waals surface area contributed by atoms with Crippen LogP contribution in [0.4, 0.5) is 0 Å². The fraction of sp³-hybridized carbons (Fsp3) is 0.318. The summed E-state index contributed by atoms with van der Waals surface area (Å²) in [7, 11) is 3.18. The van der Waals surface area contributed by atoms with Crippen molar-refractivity contribution >= 4 is 5.91 Å². The van der Waals surface area contributed by atoms with Gasteiger partial charge in [-0.05, 0) is 42.7 Å². The lowest BCUT2D eigenvalue weighted by molar-refractivity contribution is 0.0707. The van der Waals surface area contributed by atoms with E-state index in [1.807, 2.05) is 18.2 Å². The summed E-state index contributed by atoms with van der Waals surface area (Å²) in [6.45, 7) is 0.575. The van der Waals surface area contributed by atoms with E-state index in [0.29, 0.717) is 36.2 Å². The van der Waals surface area contributed by atoms with E-state index in [4.69, 9.17) is 14.0 Å². The molecule has 4 rings (SSSR count). The fourth-order valence-electron chi connectivity index (χ4n) is 3.72. The van der Waals surface area contributed by atoms with Crippen molar-refractivity contribution in [3.63, 3.8) is 0 Å². The molecule has 156 valence electrons. The van der Waals surface area contributed by atoms with E-state index in [2.05, 4.69) is 10.1 Å². The first kappa shape index (κ1) is 19.8. The van der Waals surface area contributed by atoms with E-state index in [-0.39, 0.29) is 23.3 Å². The molecule has 3 aromatic rings. The van der Waals surface area contributed by atoms with Crippen LogP contribution in [0.15, 0.2) is 47.0 Å². The van der Waals surface area contributed by atoms with Crippen LogP contribution < -0.4 is 9.47 Å². The minimum atomic E-state index is -0.302. The summed E-state index contributed by atoms with van der Waals surface area (Å²) in [6.07, 6.45) is 2.03. The van der Waals surface area contributed by atoms with Gasteiger partial charge in [-0.1, -0.05) is 23.4 Å². The van der Waals surface area contributed by atoms with Crippen LogP contribution in [0, 0.1) is 0 Å². The van der Waals surface area contributed by atoms with E-state index in [1.54, 1.807) is 37.3 Å². The number of amides is 1. The highest BCUT2D eigenvalue weighted by molar-refractivity contribution is 5.97. The molecule has 8 nitrogen and oxygen atoms in total. The van der Waals surface area contributed by atoms with Gasteiger partial charge in [0.1, 0.15) is 11.8 Å². The Balaban J connectivity index is 1.52. The summed E-state index contributed by atoms with van der Waals surface area (Å²) in [5.41, 5.74) is 1.23. The topological polar surface area (TPSA) is 97.9 Å². The van der Waals surface area contributed by atoms with Gasteiger partial charge in [0.05, 0.1) is 19.8 Å². The van der Waals surface area contributed by atoms with Gasteiger partial charge in [-0.25, -0.2) is 0 Å². The highest BCUT2D eigenvalue weighted by Crippen LogP contribution is 2.34. The quantitative estimate of drug-likeness (QED) is 0.667. The van der Waals surface area contributed by atoms with Crippen LogP contribution in [0.5, 0.6) is 17.2 Å². The predicted octanol–water partition coefficient (Wildman–Crippen LogP) is 3.36. The summed E-state index contributed by atoms with van der Waals surface area (Å²) in [6, 6.07) is 11.9. The molecule has 0 saturated carbocycles. The van der Waals surface area contributed by atoms with Crippen LogP contribution >= 0.6 is 0 Å². The maximum atomic E-state index is 12.9. The third-order valence-electron chi connectivity index (χ3n) is 5.23. The minimum absolute atomic E-state index is 0.0344. The Kier molecular flexibility index (Phi) is 5.56. The van der Waals surface area contributed by atoms with E-state index in [1.165, 1.54) is 6.07 Å². The smallest absolute Gasteiger partial charge is 0.258 e. The van der Waals surface area contributed by atoms with Gasteiger partial charge in [-0.15, -0.1) is 0 Å². The molecular formula is C22H23N3O5. The largest absolute Gasteiger partial charge is 0.507 e. The molecule has 2 aromatic carbocycles. The van der Waals surface area contributed by atoms with E-state index >= 15 is 0 Å². The fourth-order valence-corrected chi connectivity index (χ4v) is 3.72. The van der Waals surface area contributed by atoms with E-state index < -0.39 is 0 Å². The lowest BCUT2D eigenvalue weighted by Crippen LogP contribution is -2.30. The van der Waals surface area contributed by atoms with Crippen LogP contribution in [0.2, 0.25) is 0 Å². The highest BCUT2D eigenvalue weighted by Gasteiger charge is 2.35. The number of aromatic hydroxyl groups is 1. The summed E-state index contributed by atoms with van der Waals surface area (Å²) in [5.74, 6) is 1.95. The zero-order valence-electron chi connectivity index (χ0n) is 16.9. The number of carbonyl (C=O) groups excluding carboxylic acids is 1. The summed E-state index contributed by atoms with van der Waals surface area (Å²) in [4.78, 5) is 19.1. The zero-order valence-corrected chi connectivity index (χ0v) is 16.9. The molecule has 8 heteroatoms. The van der Waals surface area contributed by atoms with Crippen molar-refractivity contribution in [2.45, 2.75) is 25.3 Å². The number of aromatic nitrogens is 2. The van der Waals surface area contributed by atoms with Crippen LogP contribution in [0.1, 0.15) is 46.5 Å². The Morgan fingerprint density at radius 2 is 2.00 bits per heavy atom. The van der Waals surface area contributed by atoms with Gasteiger partial charge >= 0.3 is 0 Å². The Morgan fingerprint density at radius 3 is 2.77 bits per heavy atom. The van der Waals surface area contributed by atoms with Crippen molar-refractivity contribution in [2.75, 3.05) is 20.8 Å². The molecule has 1 atom stereocenters. The molecule has 1 amide bonds. The first-order valence-corrected chi connectivity index (χ1v) is 9.73. The number of hydrogen-bond acceptors (Lipinski definition) is 7. The van der Waals surface area contributed by atoms with Crippen molar-refractivity contribution in [1.82, 2.24) is 15.0 Å². The maximum Gasteiger partial charge on any atom is 0.258 e. The number of benzene rings is 2. The first-order valence-electron chi connectivity index (χ1n) is 9.73. The van der Waals surface area contributed by atoms with Crippen molar-refractivity contribution in [3.8, 4) is 17.2 Å². The average Bonchev–Trinajstić information content (AvgIpc) is 3.43. The molecule has 1 N–H and O–H groups in total. The molecule has 30 heavy (non-hydrogen) atoms. The summed E-state index contributed by atoms with van der Waals surface area (Å²) < 4.78 is 16.1. The lowest BCUT2D eigenvalue weighted by Gasteiger charge is -2.22. The van der Waals surface area contributed by atoms with Crippen molar-refractivity contribution < 1.29 is 23.9 Å². The number of phenols is 1. The third kappa shape index (κ3) is 3.80. The van der Waals surface area contributed by atoms with Gasteiger partial charge in [0, 0.05) is 13.0 Å². The Morgan fingerprint density at radius 1 is 1.20 bits per heavy atom. The Hall–Kier alpha value is -3.55. The molecule has 0 spiro atoms. The average molecular weight is 409 g/mol. The number of para-hydroxylation sites is 1. The standard InChI is InChI=1S/C22H23N3O5/c1-28-18-10-9-14(12-19(18)29-2)13-20-23-21(30-24-20)16-7-5-11-25(16)22(27)15-6-3-4-8-17(15)26/h3-4,6,8-10,12,16,26H,5,7,11,13H2,1-2H3. The van der Waals surface area contributed by atoms with Crippen molar-refractivity contribution in [3.05, 3.63) is 65.3 Å². The zero-order chi connectivity index (χ0) is 21.1. The molecule has 1 aliphatic rings. The minimum Gasteiger partial charge on any atom is -0.507 e. The normalized spacial score (nSPS) is 15.9. The number of ether oxygens (including phenoxy) is 2. The molecule has 1 aliphatic heterocycles. The molecule has 1 saturated heterocycles. The Labute approximate surface area is 174 Å². The van der Waals surface area contributed by atoms with Gasteiger partial charge in [0.25, 0.3) is 5.91 Å². The molecule has 2 heterocycles. The molecule has 0 bridgehead atoms. The van der Waals surface area contributed by atoms with Crippen LogP contribution in [0.3, 0.4) is 0 Å². The Bertz CT molecular complexity index is 1050. The predicted molar refractivity (Wildman–Crippen MR) is 108 cm³/mol. The second kappa shape index (κ2) is 8.44. The molecule has 1 unspecified atom stereocenters. The van der Waals surface area contributed by atoms with Gasteiger partial charge in [0.2, 0.25) is 5.89 Å². The molecular weight excluding hydrogens is 386 g/mol. The third-order valence-corrected chi connectivity index (χ3v) is 5.23. The second-order valence-corrected chi connectivity index (χ2v) is 7.09. The SMILES string of the molecule is COc1ccc(Cc2noc(C3CCCN3C(=O)c3ccccc3O)n2)cc1OC. The number of carbonyl (C=O) groups is 1. The number of methoxy groups -OCH3 is 2. The molecule has 0 aliphatic carbocycles. The van der Waals surface area contributed by atoms with E-state index in [0.717, 1.165) is 18.4 Å². The number of hydrogen-bond donors (Lipinski definition) is 1. The summed E-state index contributed by atoms with van der Waals surface area (Å²) >= 11 is 0. The summed E-state index contributed by atoms with van der Waals surface area (Å²) in [5, 5.41) is 14.1. The monoisotopic (exact) mass is 409 g/mol. The number of rotatable bonds is 6. The van der Waals surface area contributed by atoms with Crippen molar-refractivity contribution in [1.29, 1.82) is 0 Å². The number of phenolic OH excluding ortho intramolecular Hbond substituents is 1. The molecule has 1 aromatic heterocycles. The molecule has 1 fully saturated rings. The van der Waals surface area contributed by atoms with Gasteiger partial charge in [-0.2, -0.15) is 4.98 Å². The number of likely N-dealkylation sites (tertiary alicyclic amines) is 1. The first-order chi connectivity index (χ1) is 14.6.